The third-order valence-corrected chi connectivity index (χ3v) is 7.92. The van der Waals surface area contributed by atoms with Crippen molar-refractivity contribution in [1.82, 2.24) is 0 Å². The number of phenols is 1. The Morgan fingerprint density at radius 3 is 1.87 bits per heavy atom. The fraction of sp³-hybridized carbons (Fsp3) is 0.481. The lowest BCUT2D eigenvalue weighted by Gasteiger charge is -2.33. The Kier molecular flexibility index (Phi) is 6.79. The summed E-state index contributed by atoms with van der Waals surface area (Å²) in [6.45, 7) is 4.56. The number of halogens is 2. The van der Waals surface area contributed by atoms with Gasteiger partial charge in [-0.15, -0.1) is 0 Å². The summed E-state index contributed by atoms with van der Waals surface area (Å²) in [6, 6.07) is 10.9. The van der Waals surface area contributed by atoms with Crippen LogP contribution in [-0.4, -0.2) is 5.11 Å². The fourth-order valence-electron chi connectivity index (χ4n) is 5.59. The van der Waals surface area contributed by atoms with E-state index < -0.39 is 0 Å². The van der Waals surface area contributed by atoms with Gasteiger partial charge in [-0.3, -0.25) is 0 Å². The van der Waals surface area contributed by atoms with Crippen LogP contribution in [0.15, 0.2) is 39.3 Å². The van der Waals surface area contributed by atoms with Gasteiger partial charge in [0, 0.05) is 19.7 Å². The highest BCUT2D eigenvalue weighted by Crippen LogP contribution is 2.56. The lowest BCUT2D eigenvalue weighted by atomic mass is 9.70. The molecule has 0 aromatic heterocycles. The topological polar surface area (TPSA) is 20.2 Å². The Labute approximate surface area is 197 Å². The summed E-state index contributed by atoms with van der Waals surface area (Å²) >= 11 is 7.53. The molecule has 0 atom stereocenters. The van der Waals surface area contributed by atoms with Gasteiger partial charge in [0.2, 0.25) is 0 Å². The lowest BCUT2D eigenvalue weighted by molar-refractivity contribution is 0.401. The molecule has 1 N–H and O–H groups in total. The first-order valence-corrected chi connectivity index (χ1v) is 13.2. The van der Waals surface area contributed by atoms with Crippen molar-refractivity contribution in [2.45, 2.75) is 83.5 Å². The molecule has 30 heavy (non-hydrogen) atoms. The van der Waals surface area contributed by atoms with Crippen LogP contribution in [0.25, 0.3) is 21.5 Å². The maximum atomic E-state index is 10.9. The van der Waals surface area contributed by atoms with Crippen molar-refractivity contribution in [3.8, 4) is 5.75 Å². The van der Waals surface area contributed by atoms with E-state index in [9.17, 15) is 5.11 Å². The number of hydrogen-bond donors (Lipinski definition) is 1. The molecule has 0 unspecified atom stereocenters. The van der Waals surface area contributed by atoms with Crippen LogP contribution < -0.4 is 0 Å². The first-order chi connectivity index (χ1) is 14.5. The van der Waals surface area contributed by atoms with E-state index in [0.717, 1.165) is 19.7 Å². The van der Waals surface area contributed by atoms with Crippen molar-refractivity contribution in [2.75, 3.05) is 0 Å². The molecule has 0 saturated heterocycles. The van der Waals surface area contributed by atoms with Crippen LogP contribution in [0.3, 0.4) is 0 Å². The standard InChI is InChI=1S/C27H32Br2O/c1-3-5-7-9-11-27(12-10-8-6-4-2)22-16-19(28)13-18-14-24(30)21-15-20(29)17-23(27)26(21)25(18)22/h13-17,30H,3-12H2,1-2H3. The highest BCUT2D eigenvalue weighted by atomic mass is 79.9. The van der Waals surface area contributed by atoms with Gasteiger partial charge in [-0.25, -0.2) is 0 Å². The molecule has 0 bridgehead atoms. The predicted molar refractivity (Wildman–Crippen MR) is 137 cm³/mol. The number of phenolic OH excluding ortho intramolecular Hbond substituents is 1. The Morgan fingerprint density at radius 2 is 1.27 bits per heavy atom. The molecule has 3 aromatic carbocycles. The van der Waals surface area contributed by atoms with Crippen molar-refractivity contribution < 1.29 is 5.11 Å². The number of aromatic hydroxyl groups is 1. The molecule has 0 amide bonds. The van der Waals surface area contributed by atoms with Gasteiger partial charge < -0.3 is 5.11 Å². The van der Waals surface area contributed by atoms with E-state index >= 15 is 0 Å². The summed E-state index contributed by atoms with van der Waals surface area (Å²) < 4.78 is 2.18. The second-order valence-corrected chi connectivity index (χ2v) is 10.9. The largest absolute Gasteiger partial charge is 0.507 e. The van der Waals surface area contributed by atoms with Crippen LogP contribution in [0.1, 0.15) is 89.2 Å². The Morgan fingerprint density at radius 1 is 0.700 bits per heavy atom. The Hall–Kier alpha value is -1.06. The van der Waals surface area contributed by atoms with Crippen LogP contribution in [0.4, 0.5) is 0 Å². The monoisotopic (exact) mass is 530 g/mol. The van der Waals surface area contributed by atoms with Crippen LogP contribution >= 0.6 is 31.9 Å². The average Bonchev–Trinajstić information content (AvgIpc) is 2.97. The molecular weight excluding hydrogens is 500 g/mol. The number of benzene rings is 3. The zero-order chi connectivity index (χ0) is 21.3. The minimum absolute atomic E-state index is 0.0433. The molecule has 4 rings (SSSR count). The quantitative estimate of drug-likeness (QED) is 0.204. The van der Waals surface area contributed by atoms with Gasteiger partial charge in [0.15, 0.2) is 0 Å². The van der Waals surface area contributed by atoms with E-state index in [1.807, 2.05) is 6.07 Å². The van der Waals surface area contributed by atoms with E-state index in [0.29, 0.717) is 5.75 Å². The van der Waals surface area contributed by atoms with Gasteiger partial charge in [0.05, 0.1) is 0 Å². The van der Waals surface area contributed by atoms with E-state index in [1.165, 1.54) is 86.1 Å². The van der Waals surface area contributed by atoms with Gasteiger partial charge in [-0.2, -0.15) is 0 Å². The van der Waals surface area contributed by atoms with Crippen molar-refractivity contribution in [3.63, 3.8) is 0 Å². The summed E-state index contributed by atoms with van der Waals surface area (Å²) in [5.41, 5.74) is 2.94. The van der Waals surface area contributed by atoms with E-state index in [4.69, 9.17) is 0 Å². The molecule has 1 aliphatic carbocycles. The van der Waals surface area contributed by atoms with Crippen LogP contribution in [0, 0.1) is 0 Å². The molecule has 0 spiro atoms. The van der Waals surface area contributed by atoms with Gasteiger partial charge in [0.25, 0.3) is 0 Å². The normalized spacial score (nSPS) is 14.4. The molecule has 0 saturated carbocycles. The Balaban J connectivity index is 1.92. The molecule has 3 aromatic rings. The number of unbranched alkanes of at least 4 members (excludes halogenated alkanes) is 6. The third-order valence-electron chi connectivity index (χ3n) is 7.00. The highest BCUT2D eigenvalue weighted by Gasteiger charge is 2.41. The van der Waals surface area contributed by atoms with Gasteiger partial charge in [-0.1, -0.05) is 97.1 Å². The summed E-state index contributed by atoms with van der Waals surface area (Å²) in [7, 11) is 0. The Bertz CT molecular complexity index is 1060. The lowest BCUT2D eigenvalue weighted by Crippen LogP contribution is -2.26. The van der Waals surface area contributed by atoms with Crippen LogP contribution in [0.5, 0.6) is 5.75 Å². The second kappa shape index (κ2) is 9.20. The number of rotatable bonds is 10. The molecular formula is C27H32Br2O. The molecule has 0 aliphatic heterocycles. The smallest absolute Gasteiger partial charge is 0.124 e. The van der Waals surface area contributed by atoms with Gasteiger partial charge in [0.1, 0.15) is 5.75 Å². The van der Waals surface area contributed by atoms with Gasteiger partial charge in [-0.05, 0) is 70.5 Å². The third kappa shape index (κ3) is 3.81. The minimum atomic E-state index is 0.0433. The summed E-state index contributed by atoms with van der Waals surface area (Å²) in [5, 5.41) is 15.6. The van der Waals surface area contributed by atoms with Crippen molar-refractivity contribution in [3.05, 3.63) is 50.4 Å². The zero-order valence-corrected chi connectivity index (χ0v) is 21.3. The molecule has 3 heteroatoms. The van der Waals surface area contributed by atoms with Crippen LogP contribution in [0.2, 0.25) is 0 Å². The van der Waals surface area contributed by atoms with Crippen molar-refractivity contribution >= 4 is 53.4 Å². The fourth-order valence-corrected chi connectivity index (χ4v) is 6.53. The second-order valence-electron chi connectivity index (χ2n) is 9.03. The van der Waals surface area contributed by atoms with Crippen LogP contribution in [-0.2, 0) is 5.41 Å². The van der Waals surface area contributed by atoms with E-state index in [1.54, 1.807) is 0 Å². The van der Waals surface area contributed by atoms with Crippen molar-refractivity contribution in [1.29, 1.82) is 0 Å². The first-order valence-electron chi connectivity index (χ1n) is 11.6. The van der Waals surface area contributed by atoms with E-state index in [2.05, 4.69) is 70.0 Å². The summed E-state index contributed by atoms with van der Waals surface area (Å²) in [6.07, 6.45) is 12.6. The number of hydrogen-bond acceptors (Lipinski definition) is 1. The summed E-state index contributed by atoms with van der Waals surface area (Å²) in [4.78, 5) is 0. The molecule has 0 fully saturated rings. The maximum Gasteiger partial charge on any atom is 0.124 e. The molecule has 0 heterocycles. The SMILES string of the molecule is CCCCCCC1(CCCCCC)c2cc(Br)cc3cc(O)c4cc(Br)cc1c4c23. The molecule has 1 nitrogen and oxygen atoms in total. The van der Waals surface area contributed by atoms with Crippen molar-refractivity contribution in [2.24, 2.45) is 0 Å². The molecule has 0 radical (unpaired) electrons. The molecule has 160 valence electrons. The highest BCUT2D eigenvalue weighted by molar-refractivity contribution is 9.10. The minimum Gasteiger partial charge on any atom is -0.507 e. The summed E-state index contributed by atoms with van der Waals surface area (Å²) in [5.74, 6) is 0.386. The first kappa shape index (κ1) is 22.1. The molecule has 1 aliphatic rings. The maximum absolute atomic E-state index is 10.9. The van der Waals surface area contributed by atoms with Gasteiger partial charge >= 0.3 is 0 Å². The average molecular weight is 532 g/mol. The van der Waals surface area contributed by atoms with E-state index in [-0.39, 0.29) is 5.41 Å². The predicted octanol–water partition coefficient (Wildman–Crippen LogP) is 9.76. The zero-order valence-electron chi connectivity index (χ0n) is 18.2.